The number of nitrogens with zero attached hydrogens (tertiary/aromatic N) is 1. The van der Waals surface area contributed by atoms with Crippen molar-refractivity contribution in [2.45, 2.75) is 56.0 Å². The maximum Gasteiger partial charge on any atom is 0.401 e. The van der Waals surface area contributed by atoms with Crippen LogP contribution in [-0.4, -0.2) is 64.6 Å². The number of carbonyl (C=O) groups excluding carboxylic acids is 1. The van der Waals surface area contributed by atoms with Crippen LogP contribution in [0.25, 0.3) is 54.9 Å². The Balaban J connectivity index is 0.874. The molecule has 12 nitrogen and oxygen atoms in total. The van der Waals surface area contributed by atoms with Crippen LogP contribution in [0, 0.1) is 0 Å². The Morgan fingerprint density at radius 3 is 1.89 bits per heavy atom. The molecular formula is C63H55F3N6O6S. The third kappa shape index (κ3) is 8.64. The summed E-state index contributed by atoms with van der Waals surface area (Å²) in [6, 6.07) is 48.2. The average molecular weight is 1080 g/mol. The van der Waals surface area contributed by atoms with E-state index < -0.39 is 34.1 Å². The molecule has 0 aromatic heterocycles. The summed E-state index contributed by atoms with van der Waals surface area (Å²) in [5.74, 6) is 0.867. The van der Waals surface area contributed by atoms with Crippen molar-refractivity contribution < 1.29 is 41.0 Å². The van der Waals surface area contributed by atoms with Crippen LogP contribution in [0.3, 0.4) is 0 Å². The number of nitrogens with one attached hydrogen (secondary N) is 5. The highest BCUT2D eigenvalue weighted by atomic mass is 32.2. The molecule has 2 spiro atoms. The summed E-state index contributed by atoms with van der Waals surface area (Å²) >= 11 is 0. The van der Waals surface area contributed by atoms with E-state index >= 15 is 4.79 Å². The van der Waals surface area contributed by atoms with Gasteiger partial charge in [0.1, 0.15) is 17.3 Å². The van der Waals surface area contributed by atoms with Crippen molar-refractivity contribution in [1.82, 2.24) is 10.0 Å². The van der Waals surface area contributed by atoms with E-state index in [2.05, 4.69) is 56.3 Å². The summed E-state index contributed by atoms with van der Waals surface area (Å²) in [7, 11) is -3.25. The van der Waals surface area contributed by atoms with E-state index in [-0.39, 0.29) is 29.2 Å². The fourth-order valence-electron chi connectivity index (χ4n) is 12.3. The lowest BCUT2D eigenvalue weighted by molar-refractivity contribution is -0.124. The minimum absolute atomic E-state index is 0.127. The lowest BCUT2D eigenvalue weighted by Crippen LogP contribution is -2.45. The number of ketones is 1. The third-order valence-electron chi connectivity index (χ3n) is 15.8. The summed E-state index contributed by atoms with van der Waals surface area (Å²) < 4.78 is 76.1. The smallest absolute Gasteiger partial charge is 0.401 e. The number of alkyl halides is 3. The van der Waals surface area contributed by atoms with Gasteiger partial charge in [-0.2, -0.15) is 13.2 Å². The zero-order chi connectivity index (χ0) is 54.3. The first kappa shape index (κ1) is 50.3. The van der Waals surface area contributed by atoms with Crippen LogP contribution in [-0.2, 0) is 26.1 Å². The summed E-state index contributed by atoms with van der Waals surface area (Å²) in [6.07, 6.45) is 1.10. The summed E-state index contributed by atoms with van der Waals surface area (Å²) in [5.41, 5.74) is 8.83. The Labute approximate surface area is 454 Å². The first-order valence-electron chi connectivity index (χ1n) is 26.7. The fraction of sp³-hybridized carbons (Fsp3) is 0.238. The van der Waals surface area contributed by atoms with E-state index in [1.165, 1.54) is 0 Å². The van der Waals surface area contributed by atoms with Crippen LogP contribution in [0.15, 0.2) is 156 Å². The molecule has 0 saturated carbocycles. The molecule has 8 aromatic carbocycles. The molecule has 2 atom stereocenters. The van der Waals surface area contributed by atoms with Gasteiger partial charge in [-0.25, -0.2) is 18.1 Å². The second-order valence-electron chi connectivity index (χ2n) is 20.9. The SMILES string of the molecule is CS(=O)(=O)NCCCCCOc1ccc2c(c1)C1(N=c3c(=C4C(=O)C(c5ccc6cccc7c6c5NC5(N7)c6ccccc6-c6ccc(OCCCCCNCC(F)(F)F)cc65)=C4O)ccc4cccc(c34)N1)c1ccccc1-2. The number of rotatable bonds is 17. The summed E-state index contributed by atoms with van der Waals surface area (Å²) in [5, 5.41) is 31.4. The van der Waals surface area contributed by atoms with Gasteiger partial charge in [0.2, 0.25) is 15.8 Å². The molecule has 13 rings (SSSR count). The Hall–Kier alpha value is -8.18. The number of sulfonamides is 1. The maximum atomic E-state index is 15.3. The van der Waals surface area contributed by atoms with Crippen LogP contribution in [0.1, 0.15) is 66.3 Å². The number of benzene rings is 8. The summed E-state index contributed by atoms with van der Waals surface area (Å²) in [4.78, 5) is 21.0. The zero-order valence-corrected chi connectivity index (χ0v) is 43.9. The number of hydrogen-bond acceptors (Lipinski definition) is 11. The van der Waals surface area contributed by atoms with Crippen LogP contribution < -0.4 is 46.0 Å². The number of allylic oxidation sites excluding steroid dienone is 2. The molecule has 0 amide bonds. The van der Waals surface area contributed by atoms with Crippen molar-refractivity contribution in [2.24, 2.45) is 4.99 Å². The van der Waals surface area contributed by atoms with Crippen molar-refractivity contribution in [3.63, 3.8) is 0 Å². The second-order valence-corrected chi connectivity index (χ2v) is 22.7. The van der Waals surface area contributed by atoms with Crippen LogP contribution in [0.2, 0.25) is 0 Å². The quantitative estimate of drug-likeness (QED) is 0.0484. The molecule has 400 valence electrons. The number of aliphatic hydroxyl groups is 1. The molecule has 0 bridgehead atoms. The molecule has 79 heavy (non-hydrogen) atoms. The number of fused-ring (bicyclic) bond motifs is 10. The van der Waals surface area contributed by atoms with Crippen molar-refractivity contribution in [3.8, 4) is 33.8 Å². The molecule has 0 radical (unpaired) electrons. The van der Waals surface area contributed by atoms with Gasteiger partial charge in [-0.05, 0) is 114 Å². The van der Waals surface area contributed by atoms with E-state index in [0.29, 0.717) is 78.8 Å². The van der Waals surface area contributed by atoms with Gasteiger partial charge in [-0.15, -0.1) is 0 Å². The average Bonchev–Trinajstić information content (AvgIpc) is 3.29. The topological polar surface area (TPSA) is 162 Å². The van der Waals surface area contributed by atoms with E-state index in [1.807, 2.05) is 115 Å². The maximum absolute atomic E-state index is 15.3. The molecule has 3 aliphatic carbocycles. The predicted octanol–water partition coefficient (Wildman–Crippen LogP) is 11.1. The first-order valence-corrected chi connectivity index (χ1v) is 28.6. The molecule has 2 unspecified atom stereocenters. The minimum Gasteiger partial charge on any atom is -0.506 e. The van der Waals surface area contributed by atoms with E-state index in [1.54, 1.807) is 0 Å². The Morgan fingerprint density at radius 1 is 0.595 bits per heavy atom. The number of aliphatic hydroxyl groups excluding tert-OH is 1. The molecule has 2 heterocycles. The zero-order valence-electron chi connectivity index (χ0n) is 43.1. The van der Waals surface area contributed by atoms with Gasteiger partial charge in [0.25, 0.3) is 0 Å². The van der Waals surface area contributed by atoms with Crippen LogP contribution in [0.4, 0.5) is 30.2 Å². The molecule has 6 N–H and O–H groups in total. The fourth-order valence-corrected chi connectivity index (χ4v) is 12.8. The predicted molar refractivity (Wildman–Crippen MR) is 303 cm³/mol. The van der Waals surface area contributed by atoms with Crippen molar-refractivity contribution in [1.29, 1.82) is 0 Å². The molecule has 5 aliphatic rings. The van der Waals surface area contributed by atoms with E-state index in [9.17, 15) is 26.7 Å². The number of ether oxygens (including phenoxy) is 2. The van der Waals surface area contributed by atoms with Gasteiger partial charge in [-0.3, -0.25) is 4.79 Å². The summed E-state index contributed by atoms with van der Waals surface area (Å²) in [6.45, 7) is 0.473. The third-order valence-corrected chi connectivity index (χ3v) is 16.5. The number of hydrogen-bond donors (Lipinski definition) is 6. The minimum atomic E-state index is -4.24. The molecular weight excluding hydrogens is 1030 g/mol. The number of anilines is 3. The van der Waals surface area contributed by atoms with Gasteiger partial charge in [0.05, 0.1) is 48.2 Å². The Bertz CT molecular complexity index is 4150. The molecule has 0 fully saturated rings. The van der Waals surface area contributed by atoms with Gasteiger partial charge in [0.15, 0.2) is 11.3 Å². The van der Waals surface area contributed by atoms with E-state index in [0.717, 1.165) is 96.5 Å². The highest BCUT2D eigenvalue weighted by molar-refractivity contribution is 7.88. The van der Waals surface area contributed by atoms with Gasteiger partial charge in [0, 0.05) is 61.7 Å². The van der Waals surface area contributed by atoms with Crippen LogP contribution in [0.5, 0.6) is 11.5 Å². The number of halogens is 3. The second kappa shape index (κ2) is 19.3. The van der Waals surface area contributed by atoms with Gasteiger partial charge < -0.3 is 35.8 Å². The normalized spacial score (nSPS) is 18.8. The monoisotopic (exact) mass is 1080 g/mol. The van der Waals surface area contributed by atoms with Crippen LogP contribution >= 0.6 is 0 Å². The highest BCUT2D eigenvalue weighted by Crippen LogP contribution is 2.56. The van der Waals surface area contributed by atoms with Crippen molar-refractivity contribution in [3.05, 3.63) is 190 Å². The lowest BCUT2D eigenvalue weighted by Gasteiger charge is -2.41. The molecule has 0 saturated heterocycles. The largest absolute Gasteiger partial charge is 0.506 e. The standard InChI is InChI=1S/C63H55F3N6O6S/c1-79(75,76)68-31-9-3-11-33-78-40-25-29-44-42-17-5-7-19-48(42)63(50(44)35-40)70-52-21-13-15-38-23-27-46(58(72-63)54(38)52)56-59(73)55(60(56)74)45-26-22-37-14-12-20-51-53(37)57(45)71-62(69-51)47-18-6-4-16-41(47)43-28-24-39(34-49(43)62)77-32-10-2-8-30-67-36-61(64,65)66/h4-7,12-29,34-35,67-71,73H,2-3,8-11,30-33,36H2,1H3. The number of Topliss-reactive ketones (excluding diaryl/α,β-unsaturated/α-hetero) is 1. The van der Waals surface area contributed by atoms with Gasteiger partial charge >= 0.3 is 6.18 Å². The molecule has 16 heteroatoms. The molecule has 2 aliphatic heterocycles. The lowest BCUT2D eigenvalue weighted by atomic mass is 9.79. The first-order chi connectivity index (χ1) is 38.2. The Morgan fingerprint density at radius 2 is 1.19 bits per heavy atom. The van der Waals surface area contributed by atoms with Crippen molar-refractivity contribution in [2.75, 3.05) is 55.1 Å². The van der Waals surface area contributed by atoms with Gasteiger partial charge in [-0.1, -0.05) is 109 Å². The number of unbranched alkanes of at least 4 members (excludes halogenated alkanes) is 4. The van der Waals surface area contributed by atoms with Crippen molar-refractivity contribution >= 4 is 65.6 Å². The number of carbonyl (C=O) groups is 1. The Kier molecular flexibility index (Phi) is 12.3. The highest BCUT2D eigenvalue weighted by Gasteiger charge is 2.49. The molecule has 8 aromatic rings. The van der Waals surface area contributed by atoms with E-state index in [4.69, 9.17) is 14.5 Å².